The molecule has 1 fully saturated rings. The Labute approximate surface area is 162 Å². The van der Waals surface area contributed by atoms with Crippen molar-refractivity contribution in [2.24, 2.45) is 0 Å². The molecule has 2 aromatic carbocycles. The summed E-state index contributed by atoms with van der Waals surface area (Å²) in [5, 5.41) is 1.63. The SMILES string of the molecule is C[C@H]1CN(c2ccccc2Cl)C(=O)CN1C(=O)Cn1ccc2ccccc21. The molecule has 0 unspecified atom stereocenters. The van der Waals surface area contributed by atoms with E-state index in [9.17, 15) is 9.59 Å². The van der Waals surface area contributed by atoms with E-state index in [0.29, 0.717) is 17.3 Å². The number of halogens is 1. The molecule has 3 aromatic rings. The number of amides is 2. The molecule has 1 aliphatic heterocycles. The Bertz CT molecular complexity index is 1010. The molecular weight excluding hydrogens is 362 g/mol. The third kappa shape index (κ3) is 3.30. The van der Waals surface area contributed by atoms with E-state index in [-0.39, 0.29) is 30.9 Å². The summed E-state index contributed by atoms with van der Waals surface area (Å²) in [5.41, 5.74) is 1.71. The molecule has 1 aromatic heterocycles. The highest BCUT2D eigenvalue weighted by atomic mass is 35.5. The minimum absolute atomic E-state index is 0.0592. The average molecular weight is 382 g/mol. The summed E-state index contributed by atoms with van der Waals surface area (Å²) < 4.78 is 1.93. The maximum Gasteiger partial charge on any atom is 0.246 e. The van der Waals surface area contributed by atoms with Crippen LogP contribution in [0.4, 0.5) is 5.69 Å². The van der Waals surface area contributed by atoms with Gasteiger partial charge in [-0.05, 0) is 36.6 Å². The van der Waals surface area contributed by atoms with Crippen molar-refractivity contribution in [1.29, 1.82) is 0 Å². The van der Waals surface area contributed by atoms with Crippen LogP contribution in [0.25, 0.3) is 10.9 Å². The second kappa shape index (κ2) is 7.08. The van der Waals surface area contributed by atoms with Crippen molar-refractivity contribution in [2.75, 3.05) is 18.0 Å². The molecule has 0 aliphatic carbocycles. The lowest BCUT2D eigenvalue weighted by Crippen LogP contribution is -2.57. The van der Waals surface area contributed by atoms with E-state index in [1.807, 2.05) is 66.2 Å². The summed E-state index contributed by atoms with van der Waals surface area (Å²) in [5.74, 6) is -0.178. The van der Waals surface area contributed by atoms with Gasteiger partial charge >= 0.3 is 0 Å². The fraction of sp³-hybridized carbons (Fsp3) is 0.238. The van der Waals surface area contributed by atoms with Gasteiger partial charge in [-0.25, -0.2) is 0 Å². The van der Waals surface area contributed by atoms with Gasteiger partial charge in [0, 0.05) is 24.3 Å². The minimum Gasteiger partial charge on any atom is -0.338 e. The molecule has 1 saturated heterocycles. The van der Waals surface area contributed by atoms with Gasteiger partial charge in [-0.2, -0.15) is 0 Å². The predicted molar refractivity (Wildman–Crippen MR) is 107 cm³/mol. The first-order chi connectivity index (χ1) is 13.0. The zero-order valence-corrected chi connectivity index (χ0v) is 15.8. The molecule has 2 amide bonds. The first kappa shape index (κ1) is 17.6. The van der Waals surface area contributed by atoms with E-state index >= 15 is 0 Å². The van der Waals surface area contributed by atoms with Gasteiger partial charge in [0.25, 0.3) is 0 Å². The molecular formula is C21H20ClN3O2. The summed E-state index contributed by atoms with van der Waals surface area (Å²) in [6.45, 7) is 2.67. The van der Waals surface area contributed by atoms with Crippen molar-refractivity contribution in [3.8, 4) is 0 Å². The van der Waals surface area contributed by atoms with Crippen LogP contribution in [0.1, 0.15) is 6.92 Å². The number of hydrogen-bond donors (Lipinski definition) is 0. The second-order valence-electron chi connectivity index (χ2n) is 6.83. The Morgan fingerprint density at radius 3 is 2.67 bits per heavy atom. The van der Waals surface area contributed by atoms with Gasteiger partial charge in [0.1, 0.15) is 13.1 Å². The van der Waals surface area contributed by atoms with Crippen LogP contribution < -0.4 is 4.90 Å². The lowest BCUT2D eigenvalue weighted by atomic mass is 10.1. The van der Waals surface area contributed by atoms with Crippen LogP contribution in [0, 0.1) is 0 Å². The third-order valence-electron chi connectivity index (χ3n) is 5.03. The van der Waals surface area contributed by atoms with Gasteiger partial charge in [0.05, 0.1) is 10.7 Å². The summed E-state index contributed by atoms with van der Waals surface area (Å²) in [6, 6.07) is 17.1. The number of rotatable bonds is 3. The number of nitrogens with zero attached hydrogens (tertiary/aromatic N) is 3. The Balaban J connectivity index is 1.51. The van der Waals surface area contributed by atoms with Gasteiger partial charge in [-0.3, -0.25) is 9.59 Å². The number of piperazine rings is 1. The predicted octanol–water partition coefficient (Wildman–Crippen LogP) is 3.56. The number of fused-ring (bicyclic) bond motifs is 1. The fourth-order valence-electron chi connectivity index (χ4n) is 3.60. The van der Waals surface area contributed by atoms with Crippen LogP contribution in [0.5, 0.6) is 0 Å². The lowest BCUT2D eigenvalue weighted by molar-refractivity contribution is -0.139. The summed E-state index contributed by atoms with van der Waals surface area (Å²) >= 11 is 6.24. The fourth-order valence-corrected chi connectivity index (χ4v) is 3.84. The number of aromatic nitrogens is 1. The van der Waals surface area contributed by atoms with Crippen molar-refractivity contribution in [2.45, 2.75) is 19.5 Å². The van der Waals surface area contributed by atoms with E-state index in [0.717, 1.165) is 10.9 Å². The topological polar surface area (TPSA) is 45.6 Å². The Hall–Kier alpha value is -2.79. The summed E-state index contributed by atoms with van der Waals surface area (Å²) in [7, 11) is 0. The van der Waals surface area contributed by atoms with E-state index in [1.54, 1.807) is 15.9 Å². The highest BCUT2D eigenvalue weighted by Gasteiger charge is 2.33. The van der Waals surface area contributed by atoms with Gasteiger partial charge in [0.2, 0.25) is 11.8 Å². The molecule has 1 aliphatic rings. The molecule has 2 heterocycles. The average Bonchev–Trinajstić information content (AvgIpc) is 3.07. The van der Waals surface area contributed by atoms with E-state index in [1.165, 1.54) is 0 Å². The largest absolute Gasteiger partial charge is 0.338 e. The number of benzene rings is 2. The van der Waals surface area contributed by atoms with Crippen molar-refractivity contribution >= 4 is 40.0 Å². The normalized spacial score (nSPS) is 17.6. The standard InChI is InChI=1S/C21H20ClN3O2/c1-15-12-25(19-9-5-3-7-17(19)22)21(27)14-24(15)20(26)13-23-11-10-16-6-2-4-8-18(16)23/h2-11,15H,12-14H2,1H3/t15-/m0/s1. The van der Waals surface area contributed by atoms with Crippen LogP contribution >= 0.6 is 11.6 Å². The molecule has 5 nitrogen and oxygen atoms in total. The first-order valence-electron chi connectivity index (χ1n) is 8.93. The number of carbonyl (C=O) groups excluding carboxylic acids is 2. The van der Waals surface area contributed by atoms with Crippen LogP contribution in [0.2, 0.25) is 5.02 Å². The van der Waals surface area contributed by atoms with Crippen LogP contribution in [0.15, 0.2) is 60.8 Å². The molecule has 4 rings (SSSR count). The van der Waals surface area contributed by atoms with E-state index in [4.69, 9.17) is 11.6 Å². The molecule has 0 N–H and O–H groups in total. The highest BCUT2D eigenvalue weighted by molar-refractivity contribution is 6.33. The molecule has 1 atom stereocenters. The minimum atomic E-state index is -0.119. The van der Waals surface area contributed by atoms with Gasteiger partial charge in [-0.15, -0.1) is 0 Å². The van der Waals surface area contributed by atoms with Crippen molar-refractivity contribution < 1.29 is 9.59 Å². The van der Waals surface area contributed by atoms with Gasteiger partial charge in [0.15, 0.2) is 0 Å². The molecule has 138 valence electrons. The van der Waals surface area contributed by atoms with Crippen molar-refractivity contribution in [1.82, 2.24) is 9.47 Å². The molecule has 0 radical (unpaired) electrons. The Morgan fingerprint density at radius 1 is 1.11 bits per heavy atom. The van der Waals surface area contributed by atoms with Crippen LogP contribution in [-0.4, -0.2) is 40.4 Å². The van der Waals surface area contributed by atoms with Gasteiger partial charge < -0.3 is 14.4 Å². The zero-order valence-electron chi connectivity index (χ0n) is 15.0. The van der Waals surface area contributed by atoms with Crippen LogP contribution in [-0.2, 0) is 16.1 Å². The smallest absolute Gasteiger partial charge is 0.246 e. The number of anilines is 1. The molecule has 0 saturated carbocycles. The maximum absolute atomic E-state index is 12.9. The molecule has 0 bridgehead atoms. The number of hydrogen-bond acceptors (Lipinski definition) is 2. The number of para-hydroxylation sites is 2. The monoisotopic (exact) mass is 381 g/mol. The number of carbonyl (C=O) groups is 2. The quantitative estimate of drug-likeness (QED) is 0.696. The second-order valence-corrected chi connectivity index (χ2v) is 7.24. The van der Waals surface area contributed by atoms with E-state index in [2.05, 4.69) is 0 Å². The molecule has 6 heteroatoms. The summed E-state index contributed by atoms with van der Waals surface area (Å²) in [6.07, 6.45) is 1.91. The lowest BCUT2D eigenvalue weighted by Gasteiger charge is -2.39. The molecule has 0 spiro atoms. The van der Waals surface area contributed by atoms with Crippen LogP contribution in [0.3, 0.4) is 0 Å². The Morgan fingerprint density at radius 2 is 1.85 bits per heavy atom. The summed E-state index contributed by atoms with van der Waals surface area (Å²) in [4.78, 5) is 28.9. The zero-order chi connectivity index (χ0) is 19.0. The van der Waals surface area contributed by atoms with Crippen molar-refractivity contribution in [3.05, 3.63) is 65.8 Å². The highest BCUT2D eigenvalue weighted by Crippen LogP contribution is 2.28. The van der Waals surface area contributed by atoms with Gasteiger partial charge in [-0.1, -0.05) is 41.9 Å². The third-order valence-corrected chi connectivity index (χ3v) is 5.35. The first-order valence-corrected chi connectivity index (χ1v) is 9.30. The van der Waals surface area contributed by atoms with E-state index < -0.39 is 0 Å². The Kier molecular flexibility index (Phi) is 4.62. The molecule has 27 heavy (non-hydrogen) atoms. The maximum atomic E-state index is 12.9. The van der Waals surface area contributed by atoms with Crippen molar-refractivity contribution in [3.63, 3.8) is 0 Å².